The molecular weight excluding hydrogens is 427 g/mol. The molecule has 2 aromatic rings. The summed E-state index contributed by atoms with van der Waals surface area (Å²) in [5, 5.41) is 9.07. The minimum atomic E-state index is -4.05. The summed E-state index contributed by atoms with van der Waals surface area (Å²) in [5.74, 6) is -0.756. The zero-order valence-corrected chi connectivity index (χ0v) is 18.0. The molecule has 10 heteroatoms. The Bertz CT molecular complexity index is 998. The number of nitrogens with zero attached hydrogens (tertiary/aromatic N) is 1. The fraction of sp³-hybridized carbons (Fsp3) is 0.381. The molecule has 0 radical (unpaired) electrons. The van der Waals surface area contributed by atoms with E-state index in [1.807, 2.05) is 6.92 Å². The quantitative estimate of drug-likeness (QED) is 0.494. The van der Waals surface area contributed by atoms with Crippen molar-refractivity contribution in [3.8, 4) is 5.75 Å². The lowest BCUT2D eigenvalue weighted by molar-refractivity contribution is -0.148. The Morgan fingerprint density at radius 2 is 1.87 bits per heavy atom. The van der Waals surface area contributed by atoms with E-state index in [0.717, 1.165) is 9.87 Å². The van der Waals surface area contributed by atoms with Crippen LogP contribution in [0, 0.1) is 5.82 Å². The Hall–Kier alpha value is -2.53. The van der Waals surface area contributed by atoms with Crippen molar-refractivity contribution in [1.29, 1.82) is 0 Å². The number of nitrogens with one attached hydrogen (secondary N) is 1. The van der Waals surface area contributed by atoms with Crippen molar-refractivity contribution >= 4 is 15.9 Å². The van der Waals surface area contributed by atoms with Gasteiger partial charge < -0.3 is 9.47 Å². The van der Waals surface area contributed by atoms with E-state index in [-0.39, 0.29) is 30.0 Å². The van der Waals surface area contributed by atoms with Crippen LogP contribution in [0.1, 0.15) is 25.8 Å². The van der Waals surface area contributed by atoms with Gasteiger partial charge in [-0.05, 0) is 55.3 Å². The van der Waals surface area contributed by atoms with E-state index in [0.29, 0.717) is 12.2 Å². The molecule has 1 amide bonds. The topological polar surface area (TPSA) is 105 Å². The van der Waals surface area contributed by atoms with Crippen LogP contribution in [-0.4, -0.2) is 48.6 Å². The number of morpholine rings is 1. The summed E-state index contributed by atoms with van der Waals surface area (Å²) >= 11 is 0. The van der Waals surface area contributed by atoms with Crippen LogP contribution in [0.5, 0.6) is 5.75 Å². The highest BCUT2D eigenvalue weighted by Gasteiger charge is 2.45. The minimum absolute atomic E-state index is 0.00984. The van der Waals surface area contributed by atoms with Crippen molar-refractivity contribution in [2.75, 3.05) is 6.54 Å². The molecule has 1 saturated heterocycles. The fourth-order valence-corrected chi connectivity index (χ4v) is 5.12. The number of carbonyl (C=O) groups is 1. The average molecular weight is 453 g/mol. The van der Waals surface area contributed by atoms with Crippen LogP contribution < -0.4 is 10.2 Å². The number of rotatable bonds is 7. The molecule has 8 nitrogen and oxygen atoms in total. The first-order valence-electron chi connectivity index (χ1n) is 9.84. The number of benzene rings is 2. The van der Waals surface area contributed by atoms with E-state index >= 15 is 0 Å². The first kappa shape index (κ1) is 23.1. The SMILES string of the molecule is CC[C@H]1CN(S(=O)(=O)c2ccc(OCc3ccc(F)cc3)cc2)[C@@H](C(=O)NO)[C@H](C)O1. The van der Waals surface area contributed by atoms with E-state index in [4.69, 9.17) is 14.7 Å². The average Bonchev–Trinajstić information content (AvgIpc) is 2.77. The van der Waals surface area contributed by atoms with Crippen molar-refractivity contribution in [2.24, 2.45) is 0 Å². The Morgan fingerprint density at radius 3 is 2.45 bits per heavy atom. The lowest BCUT2D eigenvalue weighted by Gasteiger charge is -2.41. The predicted molar refractivity (Wildman–Crippen MR) is 109 cm³/mol. The predicted octanol–water partition coefficient (Wildman–Crippen LogP) is 2.47. The van der Waals surface area contributed by atoms with E-state index in [2.05, 4.69) is 0 Å². The molecule has 1 heterocycles. The van der Waals surface area contributed by atoms with Crippen LogP contribution in [0.2, 0.25) is 0 Å². The van der Waals surface area contributed by atoms with Crippen LogP contribution in [-0.2, 0) is 26.2 Å². The lowest BCUT2D eigenvalue weighted by atomic mass is 10.1. The summed E-state index contributed by atoms with van der Waals surface area (Å²) in [6, 6.07) is 10.5. The van der Waals surface area contributed by atoms with Gasteiger partial charge in [-0.15, -0.1) is 0 Å². The summed E-state index contributed by atoms with van der Waals surface area (Å²) in [6.07, 6.45) is -0.537. The molecule has 1 aliphatic rings. The van der Waals surface area contributed by atoms with Crippen LogP contribution in [0.3, 0.4) is 0 Å². The van der Waals surface area contributed by atoms with Gasteiger partial charge in [0, 0.05) is 6.54 Å². The summed E-state index contributed by atoms with van der Waals surface area (Å²) in [7, 11) is -4.05. The number of sulfonamides is 1. The standard InChI is InChI=1S/C21H25FN2O6S/c1-3-17-12-24(20(14(2)30-17)21(25)23-26)31(27,28)19-10-8-18(9-11-19)29-13-15-4-6-16(22)7-5-15/h4-11,14,17,20,26H,3,12-13H2,1-2H3,(H,23,25)/t14-,17-,20+/m0/s1. The molecule has 2 aromatic carbocycles. The molecule has 3 atom stereocenters. The third-order valence-corrected chi connectivity index (χ3v) is 6.99. The third kappa shape index (κ3) is 5.21. The molecule has 3 rings (SSSR count). The summed E-state index contributed by atoms with van der Waals surface area (Å²) in [6.45, 7) is 3.65. The molecule has 2 N–H and O–H groups in total. The largest absolute Gasteiger partial charge is 0.489 e. The van der Waals surface area contributed by atoms with Crippen molar-refractivity contribution < 1.29 is 32.3 Å². The molecule has 0 bridgehead atoms. The molecule has 168 valence electrons. The van der Waals surface area contributed by atoms with Crippen LogP contribution in [0.4, 0.5) is 4.39 Å². The van der Waals surface area contributed by atoms with Gasteiger partial charge in [-0.1, -0.05) is 19.1 Å². The first-order chi connectivity index (χ1) is 14.8. The zero-order chi connectivity index (χ0) is 22.6. The van der Waals surface area contributed by atoms with E-state index < -0.39 is 28.1 Å². The van der Waals surface area contributed by atoms with Crippen LogP contribution in [0.15, 0.2) is 53.4 Å². The molecule has 1 aliphatic heterocycles. The van der Waals surface area contributed by atoms with Crippen molar-refractivity contribution in [3.05, 3.63) is 59.9 Å². The second-order valence-electron chi connectivity index (χ2n) is 7.25. The number of carbonyl (C=O) groups excluding carboxylic acids is 1. The maximum Gasteiger partial charge on any atom is 0.264 e. The van der Waals surface area contributed by atoms with Crippen molar-refractivity contribution in [3.63, 3.8) is 0 Å². The molecule has 0 aromatic heterocycles. The van der Waals surface area contributed by atoms with Crippen LogP contribution in [0.25, 0.3) is 0 Å². The second kappa shape index (κ2) is 9.73. The van der Waals surface area contributed by atoms with E-state index in [1.54, 1.807) is 19.1 Å². The van der Waals surface area contributed by atoms with Gasteiger partial charge in [0.2, 0.25) is 10.0 Å². The van der Waals surface area contributed by atoms with Crippen LogP contribution >= 0.6 is 0 Å². The van der Waals surface area contributed by atoms with Gasteiger partial charge in [0.05, 0.1) is 17.1 Å². The second-order valence-corrected chi connectivity index (χ2v) is 9.14. The summed E-state index contributed by atoms with van der Waals surface area (Å²) in [5.41, 5.74) is 2.30. The maximum atomic E-state index is 13.3. The zero-order valence-electron chi connectivity index (χ0n) is 17.2. The Morgan fingerprint density at radius 1 is 1.23 bits per heavy atom. The Balaban J connectivity index is 1.79. The highest BCUT2D eigenvalue weighted by Crippen LogP contribution is 2.28. The van der Waals surface area contributed by atoms with Crippen molar-refractivity contribution in [1.82, 2.24) is 9.79 Å². The third-order valence-electron chi connectivity index (χ3n) is 5.13. The van der Waals surface area contributed by atoms with Gasteiger partial charge in [0.25, 0.3) is 5.91 Å². The van der Waals surface area contributed by atoms with Gasteiger partial charge in [0.1, 0.15) is 24.2 Å². The minimum Gasteiger partial charge on any atom is -0.489 e. The van der Waals surface area contributed by atoms with Gasteiger partial charge in [-0.2, -0.15) is 4.31 Å². The molecule has 1 fully saturated rings. The van der Waals surface area contributed by atoms with E-state index in [9.17, 15) is 17.6 Å². The Labute approximate surface area is 180 Å². The highest BCUT2D eigenvalue weighted by atomic mass is 32.2. The van der Waals surface area contributed by atoms with Crippen molar-refractivity contribution in [2.45, 2.75) is 50.0 Å². The highest BCUT2D eigenvalue weighted by molar-refractivity contribution is 7.89. The van der Waals surface area contributed by atoms with Gasteiger partial charge >= 0.3 is 0 Å². The van der Waals surface area contributed by atoms with Gasteiger partial charge in [-0.3, -0.25) is 10.0 Å². The van der Waals surface area contributed by atoms with E-state index in [1.165, 1.54) is 41.9 Å². The fourth-order valence-electron chi connectivity index (χ4n) is 3.44. The molecular formula is C21H25FN2O6S. The molecule has 31 heavy (non-hydrogen) atoms. The number of hydrogen-bond acceptors (Lipinski definition) is 6. The number of ether oxygens (including phenoxy) is 2. The smallest absolute Gasteiger partial charge is 0.264 e. The summed E-state index contributed by atoms with van der Waals surface area (Å²) < 4.78 is 51.9. The van der Waals surface area contributed by atoms with Gasteiger partial charge in [0.15, 0.2) is 0 Å². The normalized spacial score (nSPS) is 22.1. The Kier molecular flexibility index (Phi) is 7.26. The number of hydroxylamine groups is 1. The molecule has 0 aliphatic carbocycles. The lowest BCUT2D eigenvalue weighted by Crippen LogP contribution is -2.61. The van der Waals surface area contributed by atoms with Gasteiger partial charge in [-0.25, -0.2) is 18.3 Å². The monoisotopic (exact) mass is 452 g/mol. The summed E-state index contributed by atoms with van der Waals surface area (Å²) in [4.78, 5) is 12.2. The molecule has 0 spiro atoms. The molecule has 0 unspecified atom stereocenters. The maximum absolute atomic E-state index is 13.3. The number of amides is 1. The molecule has 0 saturated carbocycles. The number of halogens is 1. The first-order valence-corrected chi connectivity index (χ1v) is 11.3. The number of hydrogen-bond donors (Lipinski definition) is 2.